The highest BCUT2D eigenvalue weighted by Crippen LogP contribution is 2.31. The number of rotatable bonds is 0. The smallest absolute Gasteiger partial charge is 0.00196 e. The van der Waals surface area contributed by atoms with Crippen LogP contribution in [0.1, 0.15) is 17.5 Å². The van der Waals surface area contributed by atoms with Gasteiger partial charge in [-0.15, -0.1) is 0 Å². The summed E-state index contributed by atoms with van der Waals surface area (Å²) in [6.07, 6.45) is 14.1. The summed E-state index contributed by atoms with van der Waals surface area (Å²) < 4.78 is 0. The Morgan fingerprint density at radius 3 is 2.73 bits per heavy atom. The summed E-state index contributed by atoms with van der Waals surface area (Å²) in [7, 11) is 0. The standard InChI is InChI=1S/C15H12/c1-2-10-15-13(7-1)8-3-5-12-6-4-9-14(15)11-12/h1-10H,11H2. The van der Waals surface area contributed by atoms with E-state index in [1.54, 1.807) is 0 Å². The fraction of sp³-hybridized carbons (Fsp3) is 0.0667. The Kier molecular flexibility index (Phi) is 1.92. The van der Waals surface area contributed by atoms with Crippen LogP contribution in [-0.2, 0) is 0 Å². The first-order valence-corrected chi connectivity index (χ1v) is 5.27. The summed E-state index contributed by atoms with van der Waals surface area (Å²) in [6, 6.07) is 8.57. The monoisotopic (exact) mass is 192 g/mol. The average Bonchev–Trinajstić information content (AvgIpc) is 2.29. The van der Waals surface area contributed by atoms with Gasteiger partial charge >= 0.3 is 0 Å². The molecule has 1 aromatic rings. The molecular formula is C15H12. The van der Waals surface area contributed by atoms with E-state index < -0.39 is 0 Å². The number of hydrogen-bond donors (Lipinski definition) is 0. The molecule has 0 heteroatoms. The predicted molar refractivity (Wildman–Crippen MR) is 65.3 cm³/mol. The van der Waals surface area contributed by atoms with Crippen LogP contribution in [0.3, 0.4) is 0 Å². The third-order valence-corrected chi connectivity index (χ3v) is 2.90. The van der Waals surface area contributed by atoms with Crippen molar-refractivity contribution in [2.45, 2.75) is 6.42 Å². The number of benzene rings is 1. The van der Waals surface area contributed by atoms with E-state index >= 15 is 0 Å². The molecular weight excluding hydrogens is 180 g/mol. The van der Waals surface area contributed by atoms with E-state index in [9.17, 15) is 0 Å². The molecule has 0 nitrogen and oxygen atoms in total. The summed E-state index contributed by atoms with van der Waals surface area (Å²) in [5.41, 5.74) is 5.49. The maximum atomic E-state index is 2.22. The fourth-order valence-corrected chi connectivity index (χ4v) is 2.14. The van der Waals surface area contributed by atoms with Gasteiger partial charge in [-0.25, -0.2) is 0 Å². The summed E-state index contributed by atoms with van der Waals surface area (Å²) in [6.45, 7) is 0. The van der Waals surface area contributed by atoms with Crippen molar-refractivity contribution in [1.29, 1.82) is 0 Å². The summed E-state index contributed by atoms with van der Waals surface area (Å²) in [5, 5.41) is 0. The Hall–Kier alpha value is -1.82. The predicted octanol–water partition coefficient (Wildman–Crippen LogP) is 3.98. The lowest BCUT2D eigenvalue weighted by Crippen LogP contribution is -1.95. The molecule has 0 N–H and O–H groups in total. The van der Waals surface area contributed by atoms with Gasteiger partial charge in [-0.3, -0.25) is 0 Å². The topological polar surface area (TPSA) is 0 Å². The Morgan fingerprint density at radius 1 is 0.867 bits per heavy atom. The van der Waals surface area contributed by atoms with E-state index in [4.69, 9.17) is 0 Å². The number of fused-ring (bicyclic) bond motifs is 4. The molecule has 0 amide bonds. The van der Waals surface area contributed by atoms with Crippen LogP contribution in [0.4, 0.5) is 0 Å². The minimum absolute atomic E-state index is 1.05. The highest BCUT2D eigenvalue weighted by Gasteiger charge is 2.10. The lowest BCUT2D eigenvalue weighted by molar-refractivity contribution is 1.27. The van der Waals surface area contributed by atoms with Crippen molar-refractivity contribution < 1.29 is 0 Å². The largest absolute Gasteiger partial charge is 0.0617 e. The molecule has 15 heavy (non-hydrogen) atoms. The molecule has 0 radical (unpaired) electrons. The quantitative estimate of drug-likeness (QED) is 0.583. The minimum Gasteiger partial charge on any atom is -0.0617 e. The van der Waals surface area contributed by atoms with Crippen LogP contribution in [-0.4, -0.2) is 0 Å². The second kappa shape index (κ2) is 3.39. The van der Waals surface area contributed by atoms with Crippen LogP contribution in [0.5, 0.6) is 0 Å². The number of allylic oxidation sites excluding steroid dienone is 7. The van der Waals surface area contributed by atoms with Crippen molar-refractivity contribution in [3.63, 3.8) is 0 Å². The molecule has 0 atom stereocenters. The third-order valence-electron chi connectivity index (χ3n) is 2.90. The lowest BCUT2D eigenvalue weighted by Gasteiger charge is -2.16. The maximum absolute atomic E-state index is 2.22. The lowest BCUT2D eigenvalue weighted by atomic mass is 9.89. The molecule has 0 unspecified atom stereocenters. The highest BCUT2D eigenvalue weighted by atomic mass is 14.1. The molecule has 2 aliphatic carbocycles. The molecule has 0 aromatic heterocycles. The van der Waals surface area contributed by atoms with Crippen LogP contribution in [0.2, 0.25) is 0 Å². The first kappa shape index (κ1) is 8.49. The van der Waals surface area contributed by atoms with Gasteiger partial charge in [-0.1, -0.05) is 60.7 Å². The molecule has 0 aliphatic heterocycles. The molecule has 2 aliphatic rings. The maximum Gasteiger partial charge on any atom is -0.00196 e. The molecule has 0 saturated heterocycles. The fourth-order valence-electron chi connectivity index (χ4n) is 2.14. The Morgan fingerprint density at radius 2 is 1.73 bits per heavy atom. The van der Waals surface area contributed by atoms with Crippen LogP contribution in [0.25, 0.3) is 11.6 Å². The Labute approximate surface area is 89.9 Å². The Bertz CT molecular complexity index is 511. The molecule has 0 saturated carbocycles. The highest BCUT2D eigenvalue weighted by molar-refractivity contribution is 5.79. The summed E-state index contributed by atoms with van der Waals surface area (Å²) in [5.74, 6) is 0. The molecule has 0 fully saturated rings. The van der Waals surface area contributed by atoms with E-state index in [-0.39, 0.29) is 0 Å². The van der Waals surface area contributed by atoms with E-state index in [0.717, 1.165) is 6.42 Å². The second-order valence-electron chi connectivity index (χ2n) is 3.92. The zero-order chi connectivity index (χ0) is 10.1. The van der Waals surface area contributed by atoms with Gasteiger partial charge in [0, 0.05) is 0 Å². The van der Waals surface area contributed by atoms with Gasteiger partial charge in [0.25, 0.3) is 0 Å². The van der Waals surface area contributed by atoms with Gasteiger partial charge in [0.05, 0.1) is 0 Å². The van der Waals surface area contributed by atoms with Gasteiger partial charge in [0.1, 0.15) is 0 Å². The van der Waals surface area contributed by atoms with Crippen molar-refractivity contribution in [2.75, 3.05) is 0 Å². The molecule has 1 aromatic carbocycles. The zero-order valence-electron chi connectivity index (χ0n) is 8.48. The van der Waals surface area contributed by atoms with Gasteiger partial charge in [-0.2, -0.15) is 0 Å². The number of hydrogen-bond acceptors (Lipinski definition) is 0. The van der Waals surface area contributed by atoms with Crippen molar-refractivity contribution in [2.24, 2.45) is 0 Å². The van der Waals surface area contributed by atoms with E-state index in [2.05, 4.69) is 60.7 Å². The van der Waals surface area contributed by atoms with Crippen molar-refractivity contribution >= 4 is 11.6 Å². The summed E-state index contributed by atoms with van der Waals surface area (Å²) in [4.78, 5) is 0. The van der Waals surface area contributed by atoms with E-state index in [0.29, 0.717) is 0 Å². The normalized spacial score (nSPS) is 17.3. The molecule has 72 valence electrons. The van der Waals surface area contributed by atoms with Gasteiger partial charge in [0.15, 0.2) is 0 Å². The van der Waals surface area contributed by atoms with E-state index in [1.165, 1.54) is 22.3 Å². The van der Waals surface area contributed by atoms with Crippen LogP contribution in [0, 0.1) is 0 Å². The Balaban J connectivity index is 2.25. The first-order valence-electron chi connectivity index (χ1n) is 5.27. The van der Waals surface area contributed by atoms with Gasteiger partial charge in [-0.05, 0) is 28.7 Å². The van der Waals surface area contributed by atoms with Crippen LogP contribution >= 0.6 is 0 Å². The molecule has 0 spiro atoms. The zero-order valence-corrected chi connectivity index (χ0v) is 8.48. The molecule has 2 bridgehead atoms. The van der Waals surface area contributed by atoms with Crippen molar-refractivity contribution in [3.8, 4) is 0 Å². The van der Waals surface area contributed by atoms with Crippen molar-refractivity contribution in [1.82, 2.24) is 0 Å². The average molecular weight is 192 g/mol. The van der Waals surface area contributed by atoms with Crippen LogP contribution < -0.4 is 0 Å². The van der Waals surface area contributed by atoms with Crippen LogP contribution in [0.15, 0.2) is 60.2 Å². The molecule has 3 rings (SSSR count). The van der Waals surface area contributed by atoms with Gasteiger partial charge < -0.3 is 0 Å². The molecule has 0 heterocycles. The second-order valence-corrected chi connectivity index (χ2v) is 3.92. The van der Waals surface area contributed by atoms with Crippen molar-refractivity contribution in [3.05, 3.63) is 71.3 Å². The van der Waals surface area contributed by atoms with Gasteiger partial charge in [0.2, 0.25) is 0 Å². The minimum atomic E-state index is 1.05. The SMILES string of the molecule is C1=CC2=CC=Cc3ccccc3C(=C1)C2. The van der Waals surface area contributed by atoms with E-state index in [1.807, 2.05) is 0 Å². The first-order chi connectivity index (χ1) is 7.43. The third kappa shape index (κ3) is 1.48. The summed E-state index contributed by atoms with van der Waals surface area (Å²) >= 11 is 0.